The predicted molar refractivity (Wildman–Crippen MR) is 114 cm³/mol. The zero-order valence-electron chi connectivity index (χ0n) is 15.7. The molecule has 3 nitrogen and oxygen atoms in total. The van der Waals surface area contributed by atoms with E-state index in [1.807, 2.05) is 48.5 Å². The third kappa shape index (κ3) is 5.12. The number of ether oxygens (including phenoxy) is 1. The molecule has 1 fully saturated rings. The van der Waals surface area contributed by atoms with Crippen molar-refractivity contribution < 1.29 is 9.84 Å². The quantitative estimate of drug-likeness (QED) is 0.626. The van der Waals surface area contributed by atoms with Gasteiger partial charge in [0, 0.05) is 35.0 Å². The zero-order valence-corrected chi connectivity index (χ0v) is 18.0. The minimum absolute atomic E-state index is 0.0472. The molecular weight excluding hydrogens is 426 g/mol. The Labute approximate surface area is 175 Å². The summed E-state index contributed by atoms with van der Waals surface area (Å²) in [5.74, 6) is -0.0472. The van der Waals surface area contributed by atoms with Crippen molar-refractivity contribution in [3.63, 3.8) is 0 Å². The molecule has 27 heavy (non-hydrogen) atoms. The van der Waals surface area contributed by atoms with Gasteiger partial charge in [-0.05, 0) is 41.8 Å². The maximum Gasteiger partial charge on any atom is 0.0976 e. The molecule has 146 valence electrons. The fraction of sp³-hybridized carbons (Fsp3) is 0.455. The highest BCUT2D eigenvalue weighted by Crippen LogP contribution is 2.42. The third-order valence-electron chi connectivity index (χ3n) is 5.37. The van der Waals surface area contributed by atoms with Crippen molar-refractivity contribution in [3.8, 4) is 0 Å². The second-order valence-corrected chi connectivity index (χ2v) is 8.55. The van der Waals surface area contributed by atoms with Crippen LogP contribution in [0.5, 0.6) is 0 Å². The summed E-state index contributed by atoms with van der Waals surface area (Å²) in [6, 6.07) is 16.0. The van der Waals surface area contributed by atoms with Gasteiger partial charge in [0.25, 0.3) is 0 Å². The van der Waals surface area contributed by atoms with Crippen LogP contribution < -0.4 is 0 Å². The van der Waals surface area contributed by atoms with E-state index in [1.54, 1.807) is 0 Å². The van der Waals surface area contributed by atoms with Gasteiger partial charge in [-0.2, -0.15) is 0 Å². The van der Waals surface area contributed by atoms with Gasteiger partial charge in [-0.1, -0.05) is 65.1 Å². The van der Waals surface area contributed by atoms with Crippen LogP contribution in [0.15, 0.2) is 53.0 Å². The second kappa shape index (κ2) is 9.53. The maximum absolute atomic E-state index is 12.0. The average Bonchev–Trinajstić information content (AvgIpc) is 2.68. The molecule has 0 aliphatic carbocycles. The van der Waals surface area contributed by atoms with Crippen molar-refractivity contribution in [1.29, 1.82) is 0 Å². The first-order chi connectivity index (χ1) is 13.0. The molecule has 1 N–H and O–H groups in total. The molecule has 1 saturated heterocycles. The molecule has 5 heteroatoms. The van der Waals surface area contributed by atoms with Gasteiger partial charge >= 0.3 is 0 Å². The van der Waals surface area contributed by atoms with Crippen LogP contribution in [0.1, 0.15) is 36.8 Å². The van der Waals surface area contributed by atoms with E-state index < -0.39 is 5.60 Å². The molecule has 0 aromatic heterocycles. The molecule has 0 bridgehead atoms. The normalized spacial score (nSPS) is 18.8. The molecular formula is C22H27BrClNO2. The van der Waals surface area contributed by atoms with Gasteiger partial charge in [-0.3, -0.25) is 4.90 Å². The van der Waals surface area contributed by atoms with Crippen molar-refractivity contribution in [2.45, 2.75) is 31.3 Å². The van der Waals surface area contributed by atoms with Crippen LogP contribution in [0.25, 0.3) is 0 Å². The fourth-order valence-corrected chi connectivity index (χ4v) is 4.30. The van der Waals surface area contributed by atoms with E-state index in [-0.39, 0.29) is 5.92 Å². The SMILES string of the molecule is CCC[C@](O)(c1ccc(Br)cc1)[C@@H](CN1CCOCC1)c1ccc(Cl)cc1. The number of morpholine rings is 1. The Balaban J connectivity index is 2.00. The first-order valence-corrected chi connectivity index (χ1v) is 10.7. The Morgan fingerprint density at radius 2 is 1.74 bits per heavy atom. The van der Waals surface area contributed by atoms with Crippen molar-refractivity contribution in [3.05, 3.63) is 69.2 Å². The molecule has 1 aliphatic rings. The Morgan fingerprint density at radius 3 is 2.33 bits per heavy atom. The van der Waals surface area contributed by atoms with Gasteiger partial charge < -0.3 is 9.84 Å². The van der Waals surface area contributed by atoms with Gasteiger partial charge in [0.2, 0.25) is 0 Å². The Morgan fingerprint density at radius 1 is 1.11 bits per heavy atom. The van der Waals surface area contributed by atoms with Crippen LogP contribution in [-0.2, 0) is 10.3 Å². The largest absolute Gasteiger partial charge is 0.384 e. The molecule has 2 atom stereocenters. The van der Waals surface area contributed by atoms with E-state index in [0.29, 0.717) is 11.4 Å². The van der Waals surface area contributed by atoms with Gasteiger partial charge in [0.1, 0.15) is 0 Å². The van der Waals surface area contributed by atoms with Crippen LogP contribution >= 0.6 is 27.5 Å². The van der Waals surface area contributed by atoms with Gasteiger partial charge in [0.15, 0.2) is 0 Å². The number of hydrogen-bond donors (Lipinski definition) is 1. The Kier molecular flexibility index (Phi) is 7.35. The summed E-state index contributed by atoms with van der Waals surface area (Å²) in [6.45, 7) is 6.20. The Bertz CT molecular complexity index is 716. The molecule has 2 aromatic rings. The number of aliphatic hydroxyl groups is 1. The molecule has 0 radical (unpaired) electrons. The van der Waals surface area contributed by atoms with Crippen LogP contribution in [0.2, 0.25) is 5.02 Å². The van der Waals surface area contributed by atoms with Gasteiger partial charge in [-0.25, -0.2) is 0 Å². The first-order valence-electron chi connectivity index (χ1n) is 9.57. The predicted octanol–water partition coefficient (Wildman–Crippen LogP) is 5.21. The summed E-state index contributed by atoms with van der Waals surface area (Å²) in [6.07, 6.45) is 1.60. The third-order valence-corrected chi connectivity index (χ3v) is 6.15. The highest BCUT2D eigenvalue weighted by molar-refractivity contribution is 9.10. The summed E-state index contributed by atoms with van der Waals surface area (Å²) in [7, 11) is 0. The number of halogens is 2. The molecule has 1 heterocycles. The molecule has 0 unspecified atom stereocenters. The molecule has 0 spiro atoms. The molecule has 0 saturated carbocycles. The number of nitrogens with zero attached hydrogens (tertiary/aromatic N) is 1. The van der Waals surface area contributed by atoms with E-state index in [2.05, 4.69) is 27.8 Å². The van der Waals surface area contributed by atoms with E-state index in [9.17, 15) is 5.11 Å². The number of benzene rings is 2. The monoisotopic (exact) mass is 451 g/mol. The van der Waals surface area contributed by atoms with Crippen LogP contribution in [-0.4, -0.2) is 42.9 Å². The zero-order chi connectivity index (χ0) is 19.3. The maximum atomic E-state index is 12.0. The lowest BCUT2D eigenvalue weighted by molar-refractivity contribution is -0.0285. The number of hydrogen-bond acceptors (Lipinski definition) is 3. The van der Waals surface area contributed by atoms with Crippen molar-refractivity contribution >= 4 is 27.5 Å². The minimum Gasteiger partial charge on any atom is -0.384 e. The summed E-state index contributed by atoms with van der Waals surface area (Å²) < 4.78 is 6.52. The van der Waals surface area contributed by atoms with Crippen LogP contribution in [0.3, 0.4) is 0 Å². The van der Waals surface area contributed by atoms with Crippen molar-refractivity contribution in [2.75, 3.05) is 32.8 Å². The minimum atomic E-state index is -0.943. The molecule has 3 rings (SSSR count). The molecule has 1 aliphatic heterocycles. The molecule has 0 amide bonds. The highest BCUT2D eigenvalue weighted by atomic mass is 79.9. The average molecular weight is 453 g/mol. The van der Waals surface area contributed by atoms with Crippen LogP contribution in [0, 0.1) is 0 Å². The van der Waals surface area contributed by atoms with Crippen molar-refractivity contribution in [2.24, 2.45) is 0 Å². The highest BCUT2D eigenvalue weighted by Gasteiger charge is 2.39. The smallest absolute Gasteiger partial charge is 0.0976 e. The summed E-state index contributed by atoms with van der Waals surface area (Å²) >= 11 is 9.63. The summed E-state index contributed by atoms with van der Waals surface area (Å²) in [5.41, 5.74) is 1.13. The van der Waals surface area contributed by atoms with E-state index >= 15 is 0 Å². The first kappa shape index (κ1) is 20.8. The Hall–Kier alpha value is -0.910. The number of rotatable bonds is 7. The standard InChI is InChI=1S/C22H27BrClNO2/c1-2-11-22(26,18-5-7-19(23)8-6-18)21(16-25-12-14-27-15-13-25)17-3-9-20(24)10-4-17/h3-10,21,26H,2,11-16H2,1H3/t21-,22-/m0/s1. The lowest BCUT2D eigenvalue weighted by Gasteiger charge is -2.41. The fourth-order valence-electron chi connectivity index (χ4n) is 3.91. The lowest BCUT2D eigenvalue weighted by Crippen LogP contribution is -2.45. The van der Waals surface area contributed by atoms with Gasteiger partial charge in [0.05, 0.1) is 18.8 Å². The van der Waals surface area contributed by atoms with E-state index in [0.717, 1.165) is 54.9 Å². The summed E-state index contributed by atoms with van der Waals surface area (Å²) in [5, 5.41) is 12.7. The van der Waals surface area contributed by atoms with Gasteiger partial charge in [-0.15, -0.1) is 0 Å². The van der Waals surface area contributed by atoms with E-state index in [4.69, 9.17) is 16.3 Å². The second-order valence-electron chi connectivity index (χ2n) is 7.20. The van der Waals surface area contributed by atoms with E-state index in [1.165, 1.54) is 0 Å². The molecule has 2 aromatic carbocycles. The topological polar surface area (TPSA) is 32.7 Å². The van der Waals surface area contributed by atoms with Crippen LogP contribution in [0.4, 0.5) is 0 Å². The van der Waals surface area contributed by atoms with Crippen molar-refractivity contribution in [1.82, 2.24) is 4.90 Å². The lowest BCUT2D eigenvalue weighted by atomic mass is 9.74. The summed E-state index contributed by atoms with van der Waals surface area (Å²) in [4.78, 5) is 2.39.